The van der Waals surface area contributed by atoms with Crippen molar-refractivity contribution in [2.75, 3.05) is 0 Å². The van der Waals surface area contributed by atoms with Gasteiger partial charge in [0, 0.05) is 0 Å². The molecule has 0 unspecified atom stereocenters. The lowest BCUT2D eigenvalue weighted by Crippen LogP contribution is -2.59. The smallest absolute Gasteiger partial charge is 0.228 e. The number of tetrazole rings is 1. The number of aromatic nitrogens is 4. The van der Waals surface area contributed by atoms with Gasteiger partial charge in [-0.1, -0.05) is 0 Å². The zero-order valence-corrected chi connectivity index (χ0v) is 8.63. The van der Waals surface area contributed by atoms with Gasteiger partial charge >= 0.3 is 0 Å². The summed E-state index contributed by atoms with van der Waals surface area (Å²) in [5, 5.41) is 41.2. The third kappa shape index (κ3) is 1.88. The summed E-state index contributed by atoms with van der Waals surface area (Å²) in [6.07, 6.45) is 0. The molecule has 0 fully saturated rings. The first kappa shape index (κ1) is 11.6. The number of hydroxylamine groups is 2. The van der Waals surface area contributed by atoms with E-state index in [-0.39, 0.29) is 28.3 Å². The Morgan fingerprint density at radius 3 is 2.61 bits per heavy atom. The summed E-state index contributed by atoms with van der Waals surface area (Å²) in [4.78, 5) is 4.40. The minimum absolute atomic E-state index is 0.0314. The van der Waals surface area contributed by atoms with E-state index in [1.54, 1.807) is 0 Å². The predicted octanol–water partition coefficient (Wildman–Crippen LogP) is -2.25. The molecule has 3 heterocycles. The second kappa shape index (κ2) is 4.99. The number of hydrogen-bond donors (Lipinski definition) is 3. The van der Waals surface area contributed by atoms with E-state index < -0.39 is 0 Å². The van der Waals surface area contributed by atoms with Crippen molar-refractivity contribution < 1.29 is 10.8 Å². The van der Waals surface area contributed by atoms with Gasteiger partial charge in [-0.05, 0) is 20.8 Å². The second-order valence-electron chi connectivity index (χ2n) is 2.57. The molecule has 2 aliphatic heterocycles. The predicted molar refractivity (Wildman–Crippen MR) is 50.8 cm³/mol. The monoisotopic (exact) mass is 254 g/mol. The molecule has 6 N–H and O–H groups in total. The van der Waals surface area contributed by atoms with Gasteiger partial charge in [-0.15, -0.1) is 20.4 Å². The number of aromatic amines is 1. The summed E-state index contributed by atoms with van der Waals surface area (Å²) in [5.41, 5.74) is -0.0232. The van der Waals surface area contributed by atoms with Crippen LogP contribution >= 0.6 is 0 Å². The van der Waals surface area contributed by atoms with Crippen LogP contribution in [0.25, 0.3) is 0 Å². The molecule has 3 rings (SSSR count). The van der Waals surface area contributed by atoms with Crippen molar-refractivity contribution in [1.82, 2.24) is 25.9 Å². The minimum atomic E-state index is -0.0774. The van der Waals surface area contributed by atoms with Crippen LogP contribution in [0.15, 0.2) is 37.3 Å². The van der Waals surface area contributed by atoms with Crippen LogP contribution in [0.3, 0.4) is 0 Å². The number of rotatable bonds is 1. The molecule has 0 bridgehead atoms. The number of nitrogens with one attached hydrogen (secondary N) is 1. The highest BCUT2D eigenvalue weighted by Gasteiger charge is 2.29. The summed E-state index contributed by atoms with van der Waals surface area (Å²) >= 11 is 0. The zero-order chi connectivity index (χ0) is 13.0. The average molecular weight is 254 g/mol. The Morgan fingerprint density at radius 1 is 1.28 bits per heavy atom. The molecule has 18 heavy (non-hydrogen) atoms. The third-order valence-corrected chi connectivity index (χ3v) is 1.70. The van der Waals surface area contributed by atoms with Crippen molar-refractivity contribution in [2.24, 2.45) is 31.7 Å². The summed E-state index contributed by atoms with van der Waals surface area (Å²) in [6, 6.07) is 0. The van der Waals surface area contributed by atoms with E-state index in [4.69, 9.17) is 0 Å². The van der Waals surface area contributed by atoms with Gasteiger partial charge in [-0.25, -0.2) is 5.23 Å². The van der Waals surface area contributed by atoms with E-state index >= 15 is 0 Å². The van der Waals surface area contributed by atoms with Gasteiger partial charge in [0.15, 0.2) is 5.71 Å². The van der Waals surface area contributed by atoms with Crippen LogP contribution in [0.1, 0.15) is 5.82 Å². The molecular weight excluding hydrogens is 248 g/mol. The Labute approximate surface area is 97.5 Å². The maximum absolute atomic E-state index is 11.3. The SMILES string of the molecule is N[NH3+].[O-]N1ON=C(c2nn[nH]n2)C1=C1N=NN=N1. The van der Waals surface area contributed by atoms with Gasteiger partial charge in [0.25, 0.3) is 0 Å². The maximum atomic E-state index is 11.3. The summed E-state index contributed by atoms with van der Waals surface area (Å²) < 4.78 is 0. The van der Waals surface area contributed by atoms with Crippen molar-refractivity contribution in [3.8, 4) is 0 Å². The topological polar surface area (TPSA) is 205 Å². The van der Waals surface area contributed by atoms with Crippen LogP contribution in [0.5, 0.6) is 0 Å². The first-order valence-electron chi connectivity index (χ1n) is 4.29. The van der Waals surface area contributed by atoms with E-state index in [0.29, 0.717) is 0 Å². The second-order valence-corrected chi connectivity index (χ2v) is 2.57. The molecule has 2 aliphatic rings. The number of oxime groups is 1. The highest BCUT2D eigenvalue weighted by molar-refractivity contribution is 6.10. The minimum Gasteiger partial charge on any atom is -0.722 e. The van der Waals surface area contributed by atoms with E-state index in [0.717, 1.165) is 0 Å². The van der Waals surface area contributed by atoms with Crippen LogP contribution in [-0.4, -0.2) is 31.6 Å². The first-order valence-corrected chi connectivity index (χ1v) is 4.29. The summed E-state index contributed by atoms with van der Waals surface area (Å²) in [5.74, 6) is 7.05. The number of nitrogens with two attached hydrogens (primary N) is 1. The van der Waals surface area contributed by atoms with Crippen LogP contribution < -0.4 is 11.7 Å². The number of nitrogens with zero attached hydrogens (tertiary/aromatic N) is 9. The van der Waals surface area contributed by atoms with Crippen molar-refractivity contribution in [2.45, 2.75) is 0 Å². The van der Waals surface area contributed by atoms with Gasteiger partial charge in [0.2, 0.25) is 11.6 Å². The van der Waals surface area contributed by atoms with Crippen molar-refractivity contribution in [3.63, 3.8) is 0 Å². The van der Waals surface area contributed by atoms with Crippen LogP contribution in [0.2, 0.25) is 0 Å². The van der Waals surface area contributed by atoms with Crippen LogP contribution in [0, 0.1) is 5.21 Å². The van der Waals surface area contributed by atoms with E-state index in [1.807, 2.05) is 0 Å². The number of hydrogen-bond acceptors (Lipinski definition) is 12. The fraction of sp³-hybridized carbons (Fsp3) is 0. The molecule has 14 heteroatoms. The Hall–Kier alpha value is -2.84. The molecule has 0 aromatic carbocycles. The first-order chi connectivity index (χ1) is 8.86. The molecule has 1 aromatic heterocycles. The van der Waals surface area contributed by atoms with Gasteiger partial charge in [-0.2, -0.15) is 11.1 Å². The lowest BCUT2D eigenvalue weighted by molar-refractivity contribution is -0.379. The molecule has 0 saturated carbocycles. The maximum Gasteiger partial charge on any atom is 0.228 e. The molecule has 0 aliphatic carbocycles. The Kier molecular flexibility index (Phi) is 3.23. The van der Waals surface area contributed by atoms with E-state index in [1.165, 1.54) is 0 Å². The van der Waals surface area contributed by atoms with Crippen molar-refractivity contribution in [1.29, 1.82) is 0 Å². The largest absolute Gasteiger partial charge is 0.722 e. The summed E-state index contributed by atoms with van der Waals surface area (Å²) in [6.45, 7) is 0. The molecule has 0 radical (unpaired) electrons. The highest BCUT2D eigenvalue weighted by Crippen LogP contribution is 2.25. The number of quaternary nitrogens is 1. The van der Waals surface area contributed by atoms with E-state index in [9.17, 15) is 5.21 Å². The normalized spacial score (nSPS) is 16.6. The van der Waals surface area contributed by atoms with Gasteiger partial charge in [0.05, 0.1) is 0 Å². The lowest BCUT2D eigenvalue weighted by atomic mass is 10.2. The molecule has 0 atom stereocenters. The standard InChI is InChI=1S/C4HN10O2.H4N2/c15-14-2(4-7-12-13-8-4)1(9-16-14)3-5-10-11-6-3;1-2/h(H,5,6,10,11);1-2H2/q-1;/p+1. The molecule has 94 valence electrons. The van der Waals surface area contributed by atoms with Crippen LogP contribution in [0.4, 0.5) is 0 Å². The van der Waals surface area contributed by atoms with Crippen molar-refractivity contribution in [3.05, 3.63) is 22.5 Å². The average Bonchev–Trinajstić information content (AvgIpc) is 3.11. The highest BCUT2D eigenvalue weighted by atomic mass is 17.0. The van der Waals surface area contributed by atoms with Gasteiger partial charge in [0.1, 0.15) is 5.70 Å². The quantitative estimate of drug-likeness (QED) is 0.370. The Balaban J connectivity index is 0.000000574. The fourth-order valence-electron chi connectivity index (χ4n) is 1.08. The molecular formula is C4H6N12O2. The van der Waals surface area contributed by atoms with Crippen molar-refractivity contribution >= 4 is 5.71 Å². The zero-order valence-electron chi connectivity index (χ0n) is 8.63. The van der Waals surface area contributed by atoms with Gasteiger partial charge < -0.3 is 5.21 Å². The fourth-order valence-corrected chi connectivity index (χ4v) is 1.08. The Bertz CT molecular complexity index is 512. The number of allylic oxidation sites excluding steroid dienone is 1. The van der Waals surface area contributed by atoms with E-state index in [2.05, 4.69) is 63.1 Å². The molecule has 0 amide bonds. The molecule has 14 nitrogen and oxygen atoms in total. The number of H-pyrrole nitrogens is 1. The summed E-state index contributed by atoms with van der Waals surface area (Å²) in [7, 11) is 0. The van der Waals surface area contributed by atoms with Gasteiger partial charge in [-0.3, -0.25) is 10.8 Å². The Morgan fingerprint density at radius 2 is 2.00 bits per heavy atom. The molecule has 1 aromatic rings. The molecule has 0 saturated heterocycles. The van der Waals surface area contributed by atoms with Crippen LogP contribution in [-0.2, 0) is 4.94 Å². The third-order valence-electron chi connectivity index (χ3n) is 1.70. The lowest BCUT2D eigenvalue weighted by Gasteiger charge is -2.19. The molecule has 0 spiro atoms.